The van der Waals surface area contributed by atoms with Crippen molar-refractivity contribution < 1.29 is 8.85 Å². The first-order chi connectivity index (χ1) is 9.06. The molecule has 0 aromatic heterocycles. The second kappa shape index (κ2) is 8.54. The zero-order valence-corrected chi connectivity index (χ0v) is 16.0. The van der Waals surface area contributed by atoms with Gasteiger partial charge in [-0.1, -0.05) is 26.9 Å². The lowest BCUT2D eigenvalue weighted by Crippen LogP contribution is -2.47. The molecule has 0 atom stereocenters. The molecule has 1 rings (SSSR count). The summed E-state index contributed by atoms with van der Waals surface area (Å²) in [5, 5.41) is 0. The molecule has 0 spiro atoms. The van der Waals surface area contributed by atoms with Crippen molar-refractivity contribution in [3.63, 3.8) is 0 Å². The van der Waals surface area contributed by atoms with E-state index in [9.17, 15) is 0 Å². The van der Waals surface area contributed by atoms with Gasteiger partial charge in [-0.05, 0) is 31.8 Å². The van der Waals surface area contributed by atoms with Crippen LogP contribution in [0.5, 0.6) is 0 Å². The van der Waals surface area contributed by atoms with E-state index in [-0.39, 0.29) is 11.7 Å². The fraction of sp³-hybridized carbons (Fsp3) is 1.00. The van der Waals surface area contributed by atoms with Gasteiger partial charge in [0, 0.05) is 18.5 Å². The van der Waals surface area contributed by atoms with Crippen molar-refractivity contribution in [3.8, 4) is 0 Å². The summed E-state index contributed by atoms with van der Waals surface area (Å²) >= 11 is 0. The number of likely N-dealkylation sites (tertiary alicyclic amines) is 1. The second-order valence-corrected chi connectivity index (χ2v) is 7.79. The molecule has 0 unspecified atom stereocenters. The fourth-order valence-corrected chi connectivity index (χ4v) is 4.91. The Labute approximate surface area is 123 Å². The van der Waals surface area contributed by atoms with Gasteiger partial charge in [-0.25, -0.2) is 0 Å². The van der Waals surface area contributed by atoms with Crippen molar-refractivity contribution in [2.75, 3.05) is 26.2 Å². The first kappa shape index (κ1) is 17.3. The third-order valence-electron chi connectivity index (χ3n) is 4.33. The average molecular weight is 305 g/mol. The Morgan fingerprint density at radius 3 is 2.16 bits per heavy atom. The highest BCUT2D eigenvalue weighted by molar-refractivity contribution is 6.26. The largest absolute Gasteiger partial charge is 0.400 e. The number of nitrogens with two attached hydrogens (primary N) is 1. The minimum Gasteiger partial charge on any atom is -0.400 e. The molecule has 114 valence electrons. The Morgan fingerprint density at radius 1 is 1.21 bits per heavy atom. The van der Waals surface area contributed by atoms with Crippen molar-refractivity contribution in [2.45, 2.75) is 46.1 Å². The highest BCUT2D eigenvalue weighted by Crippen LogP contribution is 2.39. The zero-order valence-electron chi connectivity index (χ0n) is 13.2. The molecule has 1 aliphatic heterocycles. The minimum absolute atomic E-state index is 0.0342. The van der Waals surface area contributed by atoms with Crippen LogP contribution in [0, 0.1) is 11.3 Å². The van der Waals surface area contributed by atoms with Crippen molar-refractivity contribution in [2.24, 2.45) is 17.1 Å². The van der Waals surface area contributed by atoms with E-state index in [0.29, 0.717) is 5.92 Å². The van der Waals surface area contributed by atoms with Gasteiger partial charge in [0.15, 0.2) is 19.5 Å². The van der Waals surface area contributed by atoms with E-state index in [0.717, 1.165) is 13.1 Å². The summed E-state index contributed by atoms with van der Waals surface area (Å²) in [6.07, 6.45) is 2.52. The molecule has 1 saturated heterocycles. The predicted molar refractivity (Wildman–Crippen MR) is 86.8 cm³/mol. The maximum atomic E-state index is 5.99. The molecular weight excluding hydrogens is 272 g/mol. The molecule has 19 heavy (non-hydrogen) atoms. The monoisotopic (exact) mass is 304 g/mol. The zero-order chi connectivity index (χ0) is 14.3. The minimum atomic E-state index is -0.417. The first-order valence-corrected chi connectivity index (χ1v) is 11.7. The molecule has 6 heteroatoms. The summed E-state index contributed by atoms with van der Waals surface area (Å²) in [4.78, 5) is 2.48. The van der Waals surface area contributed by atoms with E-state index >= 15 is 0 Å². The second-order valence-electron chi connectivity index (χ2n) is 5.97. The average Bonchev–Trinajstić information content (AvgIpc) is 2.39. The SMILES string of the molecule is C[SiH2]OC(O[SiH2]C)C(C)(C)C1CCN(CCN)CC1. The number of hydrogen-bond acceptors (Lipinski definition) is 4. The van der Waals surface area contributed by atoms with Gasteiger partial charge in [-0.15, -0.1) is 0 Å². The molecule has 1 heterocycles. The van der Waals surface area contributed by atoms with Gasteiger partial charge in [0.25, 0.3) is 0 Å². The number of piperidine rings is 1. The lowest BCUT2D eigenvalue weighted by molar-refractivity contribution is -0.114. The summed E-state index contributed by atoms with van der Waals surface area (Å²) in [6.45, 7) is 13.2. The van der Waals surface area contributed by atoms with Crippen LogP contribution in [0.25, 0.3) is 0 Å². The Hall–Kier alpha value is 0.274. The summed E-state index contributed by atoms with van der Waals surface area (Å²) in [6, 6.07) is 0. The Balaban J connectivity index is 2.56. The van der Waals surface area contributed by atoms with Gasteiger partial charge in [-0.3, -0.25) is 0 Å². The van der Waals surface area contributed by atoms with Gasteiger partial charge in [-0.2, -0.15) is 0 Å². The molecular formula is C13H32N2O2Si2. The van der Waals surface area contributed by atoms with Crippen LogP contribution in [0.2, 0.25) is 13.1 Å². The molecule has 0 saturated carbocycles. The maximum Gasteiger partial charge on any atom is 0.161 e. The van der Waals surface area contributed by atoms with Gasteiger partial charge < -0.3 is 19.5 Å². The molecule has 0 aliphatic carbocycles. The Morgan fingerprint density at radius 2 is 1.74 bits per heavy atom. The van der Waals surface area contributed by atoms with Gasteiger partial charge in [0.05, 0.1) is 0 Å². The molecule has 0 radical (unpaired) electrons. The van der Waals surface area contributed by atoms with Crippen LogP contribution in [0.15, 0.2) is 0 Å². The van der Waals surface area contributed by atoms with Crippen LogP contribution in [-0.4, -0.2) is 56.9 Å². The summed E-state index contributed by atoms with van der Waals surface area (Å²) in [5.74, 6) is 0.702. The Bertz CT molecular complexity index is 241. The molecule has 4 nitrogen and oxygen atoms in total. The fourth-order valence-electron chi connectivity index (χ4n) is 3.06. The van der Waals surface area contributed by atoms with Crippen LogP contribution in [0.1, 0.15) is 26.7 Å². The Kier molecular flexibility index (Phi) is 7.78. The normalized spacial score (nSPS) is 21.9. The van der Waals surface area contributed by atoms with Crippen LogP contribution in [0.3, 0.4) is 0 Å². The number of nitrogens with zero attached hydrogens (tertiary/aromatic N) is 1. The van der Waals surface area contributed by atoms with Gasteiger partial charge >= 0.3 is 0 Å². The van der Waals surface area contributed by atoms with E-state index in [1.54, 1.807) is 0 Å². The van der Waals surface area contributed by atoms with Crippen molar-refractivity contribution in [1.82, 2.24) is 4.90 Å². The maximum absolute atomic E-state index is 5.99. The molecule has 0 aromatic carbocycles. The molecule has 0 bridgehead atoms. The van der Waals surface area contributed by atoms with Crippen molar-refractivity contribution in [1.29, 1.82) is 0 Å². The summed E-state index contributed by atoms with van der Waals surface area (Å²) in [7, 11) is -0.835. The van der Waals surface area contributed by atoms with Crippen LogP contribution in [-0.2, 0) is 8.85 Å². The smallest absolute Gasteiger partial charge is 0.161 e. The predicted octanol–water partition coefficient (Wildman–Crippen LogP) is 0.306. The standard InChI is InChI=1S/C13H32N2O2Si2/c1-13(2,12(16-18-3)17-19-4)11-5-8-15(9-6-11)10-7-14/h11-12H,5-10,14,18-19H2,1-4H3. The summed E-state index contributed by atoms with van der Waals surface area (Å²) < 4.78 is 12.0. The topological polar surface area (TPSA) is 47.7 Å². The highest BCUT2D eigenvalue weighted by Gasteiger charge is 2.39. The first-order valence-electron chi connectivity index (χ1n) is 7.71. The van der Waals surface area contributed by atoms with Crippen LogP contribution < -0.4 is 5.73 Å². The van der Waals surface area contributed by atoms with E-state index in [1.165, 1.54) is 25.9 Å². The van der Waals surface area contributed by atoms with E-state index in [4.69, 9.17) is 14.6 Å². The van der Waals surface area contributed by atoms with Gasteiger partial charge in [0.1, 0.15) is 6.29 Å². The van der Waals surface area contributed by atoms with Crippen LogP contribution >= 0.6 is 0 Å². The van der Waals surface area contributed by atoms with Crippen LogP contribution in [0.4, 0.5) is 0 Å². The summed E-state index contributed by atoms with van der Waals surface area (Å²) in [5.41, 5.74) is 5.77. The lowest BCUT2D eigenvalue weighted by Gasteiger charge is -2.44. The number of hydrogen-bond donors (Lipinski definition) is 1. The van der Waals surface area contributed by atoms with Crippen molar-refractivity contribution >= 4 is 19.5 Å². The quantitative estimate of drug-likeness (QED) is 0.518. The highest BCUT2D eigenvalue weighted by atomic mass is 28.2. The third-order valence-corrected chi connectivity index (χ3v) is 5.60. The number of rotatable bonds is 8. The van der Waals surface area contributed by atoms with E-state index in [2.05, 4.69) is 31.8 Å². The third kappa shape index (κ3) is 4.95. The van der Waals surface area contributed by atoms with Crippen molar-refractivity contribution in [3.05, 3.63) is 0 Å². The lowest BCUT2D eigenvalue weighted by atomic mass is 9.73. The van der Waals surface area contributed by atoms with E-state index in [1.807, 2.05) is 0 Å². The molecule has 1 aliphatic rings. The molecule has 0 aromatic rings. The molecule has 0 amide bonds. The van der Waals surface area contributed by atoms with Gasteiger partial charge in [0.2, 0.25) is 0 Å². The van der Waals surface area contributed by atoms with E-state index < -0.39 is 19.5 Å². The molecule has 1 fully saturated rings. The molecule has 2 N–H and O–H groups in total.